The summed E-state index contributed by atoms with van der Waals surface area (Å²) in [4.78, 5) is 11.0. The van der Waals surface area contributed by atoms with Crippen molar-refractivity contribution in [3.63, 3.8) is 0 Å². The smallest absolute Gasteiger partial charge is 0.266 e. The Hall–Kier alpha value is -0.920. The standard InChI is InChI=1S/C5H3IN4O/c6-4-1-3-5(11)8-7-2-10(3)9-4/h1-2H,(H,8,11). The monoisotopic (exact) mass is 262 g/mol. The molecule has 2 rings (SSSR count). The van der Waals surface area contributed by atoms with Crippen molar-refractivity contribution in [3.05, 3.63) is 26.4 Å². The summed E-state index contributed by atoms with van der Waals surface area (Å²) in [6, 6.07) is 1.70. The first-order valence-corrected chi connectivity index (χ1v) is 3.94. The highest BCUT2D eigenvalue weighted by Gasteiger charge is 2.00. The summed E-state index contributed by atoms with van der Waals surface area (Å²) in [6.07, 6.45) is 1.46. The molecule has 0 radical (unpaired) electrons. The largest absolute Gasteiger partial charge is 0.290 e. The molecular formula is C5H3IN4O. The molecule has 5 nitrogen and oxygen atoms in total. The van der Waals surface area contributed by atoms with Gasteiger partial charge in [0.25, 0.3) is 5.56 Å². The van der Waals surface area contributed by atoms with Crippen LogP contribution in [0, 0.1) is 3.70 Å². The van der Waals surface area contributed by atoms with Gasteiger partial charge in [-0.15, -0.1) is 0 Å². The van der Waals surface area contributed by atoms with Crippen molar-refractivity contribution in [1.82, 2.24) is 19.8 Å². The molecule has 0 saturated carbocycles. The van der Waals surface area contributed by atoms with Gasteiger partial charge in [0.1, 0.15) is 15.5 Å². The van der Waals surface area contributed by atoms with Crippen molar-refractivity contribution >= 4 is 28.1 Å². The first-order valence-electron chi connectivity index (χ1n) is 2.86. The van der Waals surface area contributed by atoms with Gasteiger partial charge in [0.2, 0.25) is 0 Å². The van der Waals surface area contributed by atoms with Crippen molar-refractivity contribution in [2.75, 3.05) is 0 Å². The van der Waals surface area contributed by atoms with E-state index in [1.54, 1.807) is 6.07 Å². The van der Waals surface area contributed by atoms with E-state index >= 15 is 0 Å². The van der Waals surface area contributed by atoms with Gasteiger partial charge < -0.3 is 0 Å². The quantitative estimate of drug-likeness (QED) is 0.681. The molecule has 2 aromatic rings. The van der Waals surface area contributed by atoms with Gasteiger partial charge in [-0.05, 0) is 22.6 Å². The van der Waals surface area contributed by atoms with E-state index in [9.17, 15) is 4.79 Å². The fourth-order valence-electron chi connectivity index (χ4n) is 0.822. The number of aromatic nitrogens is 4. The van der Waals surface area contributed by atoms with Gasteiger partial charge in [-0.2, -0.15) is 10.2 Å². The van der Waals surface area contributed by atoms with E-state index in [0.717, 1.165) is 3.70 Å². The summed E-state index contributed by atoms with van der Waals surface area (Å²) < 4.78 is 2.22. The zero-order valence-corrected chi connectivity index (χ0v) is 7.44. The van der Waals surface area contributed by atoms with Crippen LogP contribution in [0.3, 0.4) is 0 Å². The predicted molar refractivity (Wildman–Crippen MR) is 46.3 cm³/mol. The molecule has 0 unspecified atom stereocenters. The highest BCUT2D eigenvalue weighted by molar-refractivity contribution is 14.1. The molecule has 0 saturated heterocycles. The lowest BCUT2D eigenvalue weighted by Gasteiger charge is -1.85. The maximum atomic E-state index is 11.0. The Kier molecular flexibility index (Phi) is 1.41. The molecule has 0 aliphatic carbocycles. The van der Waals surface area contributed by atoms with Gasteiger partial charge in [-0.25, -0.2) is 9.61 Å². The van der Waals surface area contributed by atoms with E-state index < -0.39 is 0 Å². The van der Waals surface area contributed by atoms with Crippen LogP contribution in [0.5, 0.6) is 0 Å². The maximum absolute atomic E-state index is 11.0. The van der Waals surface area contributed by atoms with Gasteiger partial charge in [0.05, 0.1) is 0 Å². The van der Waals surface area contributed by atoms with Gasteiger partial charge in [0.15, 0.2) is 0 Å². The third-order valence-corrected chi connectivity index (χ3v) is 1.80. The van der Waals surface area contributed by atoms with Crippen molar-refractivity contribution in [3.8, 4) is 0 Å². The summed E-state index contributed by atoms with van der Waals surface area (Å²) in [5.74, 6) is 0. The third kappa shape index (κ3) is 1.02. The molecule has 11 heavy (non-hydrogen) atoms. The van der Waals surface area contributed by atoms with Crippen LogP contribution in [0.25, 0.3) is 5.52 Å². The number of aromatic amines is 1. The summed E-state index contributed by atoms with van der Waals surface area (Å²) in [7, 11) is 0. The fourth-order valence-corrected chi connectivity index (χ4v) is 1.35. The van der Waals surface area contributed by atoms with Gasteiger partial charge >= 0.3 is 0 Å². The first kappa shape index (κ1) is 6.77. The predicted octanol–water partition coefficient (Wildman–Crippen LogP) is 0.0222. The van der Waals surface area contributed by atoms with Crippen LogP contribution >= 0.6 is 22.6 Å². The van der Waals surface area contributed by atoms with Crippen LogP contribution < -0.4 is 5.56 Å². The lowest BCUT2D eigenvalue weighted by molar-refractivity contribution is 0.840. The summed E-state index contributed by atoms with van der Waals surface area (Å²) in [5, 5.41) is 9.90. The van der Waals surface area contributed by atoms with Gasteiger partial charge in [-0.1, -0.05) is 0 Å². The van der Waals surface area contributed by atoms with Crippen LogP contribution in [-0.2, 0) is 0 Å². The molecule has 0 aliphatic heterocycles. The van der Waals surface area contributed by atoms with Crippen molar-refractivity contribution in [2.45, 2.75) is 0 Å². The normalized spacial score (nSPS) is 10.6. The number of halogens is 1. The number of nitrogens with zero attached hydrogens (tertiary/aromatic N) is 3. The van der Waals surface area contributed by atoms with E-state index in [1.165, 1.54) is 10.8 Å². The minimum atomic E-state index is -0.220. The Morgan fingerprint density at radius 3 is 3.18 bits per heavy atom. The van der Waals surface area contributed by atoms with Crippen molar-refractivity contribution < 1.29 is 0 Å². The highest BCUT2D eigenvalue weighted by Crippen LogP contribution is 2.01. The van der Waals surface area contributed by atoms with E-state index in [0.29, 0.717) is 5.52 Å². The van der Waals surface area contributed by atoms with Crippen LogP contribution in [0.4, 0.5) is 0 Å². The average molecular weight is 262 g/mol. The fraction of sp³-hybridized carbons (Fsp3) is 0. The Bertz CT molecular complexity index is 445. The number of H-pyrrole nitrogens is 1. The second kappa shape index (κ2) is 2.29. The molecular weight excluding hydrogens is 259 g/mol. The summed E-state index contributed by atoms with van der Waals surface area (Å²) in [5.41, 5.74) is 0.298. The molecule has 2 heterocycles. The zero-order valence-electron chi connectivity index (χ0n) is 5.28. The molecule has 0 aromatic carbocycles. The number of fused-ring (bicyclic) bond motifs is 1. The minimum Gasteiger partial charge on any atom is -0.266 e. The first-order chi connectivity index (χ1) is 5.27. The molecule has 1 N–H and O–H groups in total. The summed E-state index contributed by atoms with van der Waals surface area (Å²) >= 11 is 2.04. The Morgan fingerprint density at radius 2 is 2.45 bits per heavy atom. The van der Waals surface area contributed by atoms with Crippen molar-refractivity contribution in [1.29, 1.82) is 0 Å². The molecule has 2 aromatic heterocycles. The Morgan fingerprint density at radius 1 is 1.64 bits per heavy atom. The van der Waals surface area contributed by atoms with E-state index in [1.807, 2.05) is 22.6 Å². The number of hydrogen-bond donors (Lipinski definition) is 1. The van der Waals surface area contributed by atoms with E-state index in [4.69, 9.17) is 0 Å². The van der Waals surface area contributed by atoms with Crippen molar-refractivity contribution in [2.24, 2.45) is 0 Å². The summed E-state index contributed by atoms with van der Waals surface area (Å²) in [6.45, 7) is 0. The lowest BCUT2D eigenvalue weighted by atomic mass is 10.5. The van der Waals surface area contributed by atoms with Gasteiger partial charge in [0, 0.05) is 6.07 Å². The Balaban J connectivity index is 3.02. The minimum absolute atomic E-state index is 0.220. The van der Waals surface area contributed by atoms with Crippen LogP contribution in [-0.4, -0.2) is 19.8 Å². The average Bonchev–Trinajstić information content (AvgIpc) is 2.31. The molecule has 0 bridgehead atoms. The zero-order chi connectivity index (χ0) is 7.84. The number of hydrogen-bond acceptors (Lipinski definition) is 3. The molecule has 6 heteroatoms. The Labute approximate surface area is 74.6 Å². The third-order valence-electron chi connectivity index (χ3n) is 1.27. The van der Waals surface area contributed by atoms with Crippen LogP contribution in [0.2, 0.25) is 0 Å². The number of nitrogens with one attached hydrogen (secondary N) is 1. The highest BCUT2D eigenvalue weighted by atomic mass is 127. The molecule has 0 atom stereocenters. The van der Waals surface area contributed by atoms with E-state index in [-0.39, 0.29) is 5.56 Å². The second-order valence-corrected chi connectivity index (χ2v) is 3.09. The lowest BCUT2D eigenvalue weighted by Crippen LogP contribution is -2.10. The molecule has 0 amide bonds. The molecule has 0 spiro atoms. The van der Waals surface area contributed by atoms with Crippen LogP contribution in [0.1, 0.15) is 0 Å². The second-order valence-electron chi connectivity index (χ2n) is 1.98. The maximum Gasteiger partial charge on any atom is 0.290 e. The molecule has 0 fully saturated rings. The number of rotatable bonds is 0. The SMILES string of the molecule is O=c1[nH]ncn2nc(I)cc12. The van der Waals surface area contributed by atoms with Gasteiger partial charge in [-0.3, -0.25) is 4.79 Å². The molecule has 0 aliphatic rings. The van der Waals surface area contributed by atoms with E-state index in [2.05, 4.69) is 15.3 Å². The van der Waals surface area contributed by atoms with Crippen LogP contribution in [0.15, 0.2) is 17.2 Å². The topological polar surface area (TPSA) is 63.0 Å². The molecule has 56 valence electrons.